The number of nitrogens with one attached hydrogen (secondary N) is 1. The largest absolute Gasteiger partial charge is 0.457 e. The second kappa shape index (κ2) is 8.48. The highest BCUT2D eigenvalue weighted by molar-refractivity contribution is 5.35. The van der Waals surface area contributed by atoms with E-state index in [-0.39, 0.29) is 0 Å². The third kappa shape index (κ3) is 5.24. The quantitative estimate of drug-likeness (QED) is 0.741. The van der Waals surface area contributed by atoms with Crippen LogP contribution in [0, 0.1) is 0 Å². The van der Waals surface area contributed by atoms with Crippen molar-refractivity contribution in [3.63, 3.8) is 0 Å². The zero-order chi connectivity index (χ0) is 14.9. The van der Waals surface area contributed by atoms with E-state index in [1.807, 2.05) is 12.1 Å². The van der Waals surface area contributed by atoms with Crippen LogP contribution >= 0.6 is 0 Å². The molecule has 0 saturated heterocycles. The first kappa shape index (κ1) is 15.6. The molecular formula is C19H25NO. The first-order valence-electron chi connectivity index (χ1n) is 7.88. The molecule has 0 amide bonds. The number of unbranched alkanes of at least 4 members (excludes halogenated alkanes) is 1. The average Bonchev–Trinajstić information content (AvgIpc) is 2.53. The summed E-state index contributed by atoms with van der Waals surface area (Å²) in [5, 5.41) is 3.33. The third-order valence-electron chi connectivity index (χ3n) is 3.46. The van der Waals surface area contributed by atoms with Crippen LogP contribution < -0.4 is 10.1 Å². The third-order valence-corrected chi connectivity index (χ3v) is 3.46. The number of rotatable bonds is 8. The molecule has 0 aliphatic heterocycles. The van der Waals surface area contributed by atoms with Crippen LogP contribution in [-0.4, -0.2) is 6.54 Å². The maximum Gasteiger partial charge on any atom is 0.127 e. The molecule has 21 heavy (non-hydrogen) atoms. The average molecular weight is 283 g/mol. The lowest BCUT2D eigenvalue weighted by atomic mass is 10.1. The Labute approximate surface area is 128 Å². The molecule has 112 valence electrons. The van der Waals surface area contributed by atoms with Gasteiger partial charge in [-0.1, -0.05) is 44.5 Å². The number of ether oxygens (including phenoxy) is 1. The lowest BCUT2D eigenvalue weighted by Crippen LogP contribution is -2.11. The molecule has 0 aromatic heterocycles. The summed E-state index contributed by atoms with van der Waals surface area (Å²) >= 11 is 0. The fourth-order valence-corrected chi connectivity index (χ4v) is 2.23. The summed E-state index contributed by atoms with van der Waals surface area (Å²) in [6.07, 6.45) is 3.62. The Morgan fingerprint density at radius 2 is 1.71 bits per heavy atom. The molecule has 0 aliphatic rings. The highest BCUT2D eigenvalue weighted by atomic mass is 16.5. The molecule has 0 spiro atoms. The SMILES string of the molecule is CCCCc1ccc(Oc2cccc(CNCC)c2)cc1. The fourth-order valence-electron chi connectivity index (χ4n) is 2.23. The predicted octanol–water partition coefficient (Wildman–Crippen LogP) is 4.93. The number of aryl methyl sites for hydroxylation is 1. The van der Waals surface area contributed by atoms with Gasteiger partial charge in [0.15, 0.2) is 0 Å². The first-order valence-corrected chi connectivity index (χ1v) is 7.88. The van der Waals surface area contributed by atoms with Gasteiger partial charge in [0.2, 0.25) is 0 Å². The molecule has 0 saturated carbocycles. The van der Waals surface area contributed by atoms with E-state index in [0.717, 1.165) is 31.0 Å². The van der Waals surface area contributed by atoms with Gasteiger partial charge in [-0.2, -0.15) is 0 Å². The molecule has 0 aliphatic carbocycles. The molecule has 2 aromatic carbocycles. The fraction of sp³-hybridized carbons (Fsp3) is 0.368. The highest BCUT2D eigenvalue weighted by Gasteiger charge is 2.00. The second-order valence-corrected chi connectivity index (χ2v) is 5.28. The summed E-state index contributed by atoms with van der Waals surface area (Å²) in [4.78, 5) is 0. The van der Waals surface area contributed by atoms with E-state index in [1.54, 1.807) is 0 Å². The van der Waals surface area contributed by atoms with Gasteiger partial charge in [-0.15, -0.1) is 0 Å². The van der Waals surface area contributed by atoms with E-state index in [1.165, 1.54) is 24.0 Å². The number of hydrogen-bond acceptors (Lipinski definition) is 2. The molecule has 0 fully saturated rings. The molecule has 2 nitrogen and oxygen atoms in total. The molecular weight excluding hydrogens is 258 g/mol. The van der Waals surface area contributed by atoms with Crippen molar-refractivity contribution >= 4 is 0 Å². The van der Waals surface area contributed by atoms with Gasteiger partial charge in [0, 0.05) is 6.54 Å². The van der Waals surface area contributed by atoms with Crippen LogP contribution in [0.2, 0.25) is 0 Å². The molecule has 2 aromatic rings. The first-order chi connectivity index (χ1) is 10.3. The Morgan fingerprint density at radius 1 is 0.905 bits per heavy atom. The standard InChI is InChI=1S/C19H25NO/c1-3-5-7-16-10-12-18(13-11-16)21-19-9-6-8-17(14-19)15-20-4-2/h6,8-14,20H,3-5,7,15H2,1-2H3. The summed E-state index contributed by atoms with van der Waals surface area (Å²) < 4.78 is 5.93. The van der Waals surface area contributed by atoms with Crippen molar-refractivity contribution in [1.29, 1.82) is 0 Å². The molecule has 0 heterocycles. The molecule has 2 rings (SSSR count). The van der Waals surface area contributed by atoms with Crippen LogP contribution in [0.5, 0.6) is 11.5 Å². The van der Waals surface area contributed by atoms with E-state index in [9.17, 15) is 0 Å². The van der Waals surface area contributed by atoms with E-state index in [4.69, 9.17) is 4.74 Å². The Balaban J connectivity index is 1.97. The summed E-state index contributed by atoms with van der Waals surface area (Å²) in [5.41, 5.74) is 2.62. The van der Waals surface area contributed by atoms with Crippen LogP contribution in [-0.2, 0) is 13.0 Å². The topological polar surface area (TPSA) is 21.3 Å². The zero-order valence-electron chi connectivity index (χ0n) is 13.1. The summed E-state index contributed by atoms with van der Waals surface area (Å²) in [6, 6.07) is 16.7. The molecule has 0 unspecified atom stereocenters. The Kier molecular flexibility index (Phi) is 6.29. The molecule has 0 radical (unpaired) electrons. The van der Waals surface area contributed by atoms with Gasteiger partial charge in [-0.25, -0.2) is 0 Å². The van der Waals surface area contributed by atoms with E-state index in [2.05, 4.69) is 55.6 Å². The number of benzene rings is 2. The maximum atomic E-state index is 5.93. The number of hydrogen-bond donors (Lipinski definition) is 1. The lowest BCUT2D eigenvalue weighted by Gasteiger charge is -2.09. The maximum absolute atomic E-state index is 5.93. The lowest BCUT2D eigenvalue weighted by molar-refractivity contribution is 0.481. The summed E-state index contributed by atoms with van der Waals surface area (Å²) in [6.45, 7) is 6.19. The van der Waals surface area contributed by atoms with Gasteiger partial charge in [-0.3, -0.25) is 0 Å². The van der Waals surface area contributed by atoms with Crippen LogP contribution in [0.15, 0.2) is 48.5 Å². The van der Waals surface area contributed by atoms with Crippen molar-refractivity contribution < 1.29 is 4.74 Å². The van der Waals surface area contributed by atoms with E-state index < -0.39 is 0 Å². The minimum atomic E-state index is 0.879. The van der Waals surface area contributed by atoms with Crippen molar-refractivity contribution in [3.05, 3.63) is 59.7 Å². The van der Waals surface area contributed by atoms with Crippen LogP contribution in [0.4, 0.5) is 0 Å². The van der Waals surface area contributed by atoms with Crippen molar-refractivity contribution in [1.82, 2.24) is 5.32 Å². The molecule has 2 heteroatoms. The highest BCUT2D eigenvalue weighted by Crippen LogP contribution is 2.23. The van der Waals surface area contributed by atoms with Gasteiger partial charge in [0.25, 0.3) is 0 Å². The van der Waals surface area contributed by atoms with Crippen LogP contribution in [0.25, 0.3) is 0 Å². The monoisotopic (exact) mass is 283 g/mol. The molecule has 1 N–H and O–H groups in total. The van der Waals surface area contributed by atoms with Crippen molar-refractivity contribution in [2.75, 3.05) is 6.54 Å². The molecule has 0 bridgehead atoms. The van der Waals surface area contributed by atoms with E-state index >= 15 is 0 Å². The van der Waals surface area contributed by atoms with Crippen molar-refractivity contribution in [3.8, 4) is 11.5 Å². The van der Waals surface area contributed by atoms with Crippen molar-refractivity contribution in [2.24, 2.45) is 0 Å². The zero-order valence-corrected chi connectivity index (χ0v) is 13.1. The van der Waals surface area contributed by atoms with Gasteiger partial charge in [0.05, 0.1) is 0 Å². The normalized spacial score (nSPS) is 10.6. The van der Waals surface area contributed by atoms with Crippen LogP contribution in [0.1, 0.15) is 37.8 Å². The Hall–Kier alpha value is -1.80. The minimum Gasteiger partial charge on any atom is -0.457 e. The Morgan fingerprint density at radius 3 is 2.43 bits per heavy atom. The predicted molar refractivity (Wildman–Crippen MR) is 89.0 cm³/mol. The van der Waals surface area contributed by atoms with E-state index in [0.29, 0.717) is 0 Å². The summed E-state index contributed by atoms with van der Waals surface area (Å²) in [5.74, 6) is 1.79. The smallest absolute Gasteiger partial charge is 0.127 e. The minimum absolute atomic E-state index is 0.879. The Bertz CT molecular complexity index is 534. The van der Waals surface area contributed by atoms with Gasteiger partial charge < -0.3 is 10.1 Å². The van der Waals surface area contributed by atoms with Crippen LogP contribution in [0.3, 0.4) is 0 Å². The second-order valence-electron chi connectivity index (χ2n) is 5.28. The summed E-state index contributed by atoms with van der Waals surface area (Å²) in [7, 11) is 0. The van der Waals surface area contributed by atoms with Gasteiger partial charge in [0.1, 0.15) is 11.5 Å². The molecule has 0 atom stereocenters. The van der Waals surface area contributed by atoms with Crippen molar-refractivity contribution in [2.45, 2.75) is 39.7 Å². The van der Waals surface area contributed by atoms with Gasteiger partial charge in [-0.05, 0) is 54.8 Å². The van der Waals surface area contributed by atoms with Gasteiger partial charge >= 0.3 is 0 Å².